The van der Waals surface area contributed by atoms with E-state index in [9.17, 15) is 45.5 Å². The molecule has 0 aliphatic rings. The summed E-state index contributed by atoms with van der Waals surface area (Å²) < 4.78 is 71.2. The molecule has 8 nitrogen and oxygen atoms in total. The molecule has 0 fully saturated rings. The summed E-state index contributed by atoms with van der Waals surface area (Å²) in [6.07, 6.45) is -11.5. The molecule has 0 heterocycles. The Bertz CT molecular complexity index is 453. The predicted octanol–water partition coefficient (Wildman–Crippen LogP) is -1.19. The third-order valence-electron chi connectivity index (χ3n) is 1.95. The molecule has 0 unspecified atom stereocenters. The van der Waals surface area contributed by atoms with E-state index in [4.69, 9.17) is 11.5 Å². The number of nitrogens with two attached hydrogens (primary N) is 2. The fourth-order valence-corrected chi connectivity index (χ4v) is 0.727. The van der Waals surface area contributed by atoms with Gasteiger partial charge in [-0.1, -0.05) is 0 Å². The number of esters is 1. The molecule has 0 aromatic heterocycles. The summed E-state index contributed by atoms with van der Waals surface area (Å²) >= 11 is 0. The second kappa shape index (κ2) is 9.82. The Morgan fingerprint density at radius 1 is 1.00 bits per heavy atom. The van der Waals surface area contributed by atoms with E-state index in [1.54, 1.807) is 0 Å². The van der Waals surface area contributed by atoms with Gasteiger partial charge in [0, 0.05) is 6.54 Å². The van der Waals surface area contributed by atoms with Gasteiger partial charge in [0.15, 0.2) is 0 Å². The standard InChI is InChI=1S/C6H13N3O3.C4F6O2/c1-12-5(10)3-9-6(11)4(8)2-7;5-3(6,7)1(11)2(12)4(8,9)10/h4H,2-3,7-8H2,1H3,(H,9,11);/t4-;/m0./s1. The van der Waals surface area contributed by atoms with E-state index in [0.717, 1.165) is 0 Å². The van der Waals surface area contributed by atoms with Gasteiger partial charge in [-0.15, -0.1) is 0 Å². The number of ketones is 2. The number of amides is 1. The van der Waals surface area contributed by atoms with E-state index in [-0.39, 0.29) is 13.1 Å². The van der Waals surface area contributed by atoms with E-state index in [2.05, 4.69) is 10.1 Å². The number of ether oxygens (including phenoxy) is 1. The number of nitrogens with one attached hydrogen (secondary N) is 1. The van der Waals surface area contributed by atoms with Crippen LogP contribution in [0.15, 0.2) is 0 Å². The number of rotatable bonds is 5. The van der Waals surface area contributed by atoms with Gasteiger partial charge in [0.25, 0.3) is 0 Å². The second-order valence-electron chi connectivity index (χ2n) is 3.79. The molecular weight excluding hydrogens is 356 g/mol. The molecule has 0 radical (unpaired) electrons. The fraction of sp³-hybridized carbons (Fsp3) is 0.600. The van der Waals surface area contributed by atoms with E-state index >= 15 is 0 Å². The average molecular weight is 369 g/mol. The molecule has 0 spiro atoms. The summed E-state index contributed by atoms with van der Waals surface area (Å²) in [5.41, 5.74) is 10.4. The number of halogens is 6. The molecule has 1 atom stereocenters. The first kappa shape index (κ1) is 24.0. The molecule has 5 N–H and O–H groups in total. The zero-order chi connectivity index (χ0) is 19.7. The molecule has 140 valence electrons. The van der Waals surface area contributed by atoms with Gasteiger partial charge in [0.1, 0.15) is 6.54 Å². The molecule has 0 saturated carbocycles. The molecule has 0 aromatic rings. The van der Waals surface area contributed by atoms with Crippen molar-refractivity contribution in [1.29, 1.82) is 0 Å². The summed E-state index contributed by atoms with van der Waals surface area (Å²) in [4.78, 5) is 40.6. The van der Waals surface area contributed by atoms with Crippen LogP contribution in [0.2, 0.25) is 0 Å². The molecule has 0 bridgehead atoms. The third-order valence-corrected chi connectivity index (χ3v) is 1.95. The van der Waals surface area contributed by atoms with Crippen molar-refractivity contribution in [2.75, 3.05) is 20.2 Å². The van der Waals surface area contributed by atoms with Crippen molar-refractivity contribution in [2.24, 2.45) is 11.5 Å². The van der Waals surface area contributed by atoms with Crippen LogP contribution < -0.4 is 16.8 Å². The van der Waals surface area contributed by atoms with Gasteiger partial charge in [-0.05, 0) is 0 Å². The summed E-state index contributed by atoms with van der Waals surface area (Å²) in [5.74, 6) is -7.79. The molecular formula is C10H13F6N3O5. The Balaban J connectivity index is 0. The monoisotopic (exact) mass is 369 g/mol. The minimum absolute atomic E-state index is 0.0486. The van der Waals surface area contributed by atoms with E-state index in [0.29, 0.717) is 0 Å². The van der Waals surface area contributed by atoms with Crippen molar-refractivity contribution in [3.63, 3.8) is 0 Å². The van der Waals surface area contributed by atoms with Crippen LogP contribution in [0.1, 0.15) is 0 Å². The number of carbonyl (C=O) groups excluding carboxylic acids is 4. The van der Waals surface area contributed by atoms with Gasteiger partial charge in [-0.2, -0.15) is 26.3 Å². The van der Waals surface area contributed by atoms with Gasteiger partial charge in [0.05, 0.1) is 13.2 Å². The number of hydrogen-bond acceptors (Lipinski definition) is 7. The highest BCUT2D eigenvalue weighted by Crippen LogP contribution is 2.23. The first-order chi connectivity index (χ1) is 10.7. The summed E-state index contributed by atoms with van der Waals surface area (Å²) in [5, 5.41) is 2.27. The largest absolute Gasteiger partial charge is 0.468 e. The molecule has 1 amide bonds. The maximum atomic E-state index is 11.2. The van der Waals surface area contributed by atoms with Crippen LogP contribution in [-0.2, 0) is 23.9 Å². The van der Waals surface area contributed by atoms with Crippen LogP contribution in [0.3, 0.4) is 0 Å². The highest BCUT2D eigenvalue weighted by molar-refractivity contribution is 6.41. The highest BCUT2D eigenvalue weighted by Gasteiger charge is 2.54. The Kier molecular flexibility index (Phi) is 9.83. The van der Waals surface area contributed by atoms with Crippen molar-refractivity contribution in [3.8, 4) is 0 Å². The molecule has 24 heavy (non-hydrogen) atoms. The first-order valence-corrected chi connectivity index (χ1v) is 5.71. The van der Waals surface area contributed by atoms with Crippen molar-refractivity contribution >= 4 is 23.4 Å². The Hall–Kier alpha value is -2.22. The SMILES string of the molecule is COC(=O)CNC(=O)[C@@H](N)CN.O=C(C(=O)C(F)(F)F)C(F)(F)F. The first-order valence-electron chi connectivity index (χ1n) is 5.71. The van der Waals surface area contributed by atoms with Crippen molar-refractivity contribution in [3.05, 3.63) is 0 Å². The van der Waals surface area contributed by atoms with Crippen LogP contribution in [0, 0.1) is 0 Å². The maximum Gasteiger partial charge on any atom is 0.458 e. The number of methoxy groups -OCH3 is 1. The molecule has 0 aliphatic carbocycles. The maximum absolute atomic E-state index is 11.2. The molecule has 0 aromatic carbocycles. The van der Waals surface area contributed by atoms with Crippen molar-refractivity contribution in [2.45, 2.75) is 18.4 Å². The molecule has 0 aliphatic heterocycles. The predicted molar refractivity (Wildman–Crippen MR) is 64.2 cm³/mol. The lowest BCUT2D eigenvalue weighted by atomic mass is 10.2. The number of carbonyl (C=O) groups is 4. The van der Waals surface area contributed by atoms with Crippen LogP contribution >= 0.6 is 0 Å². The molecule has 14 heteroatoms. The van der Waals surface area contributed by atoms with Gasteiger partial charge in [-0.25, -0.2) is 0 Å². The van der Waals surface area contributed by atoms with Crippen molar-refractivity contribution < 1.29 is 50.3 Å². The summed E-state index contributed by atoms with van der Waals surface area (Å²) in [6.45, 7) is -0.129. The van der Waals surface area contributed by atoms with Crippen LogP contribution in [0.25, 0.3) is 0 Å². The highest BCUT2D eigenvalue weighted by atomic mass is 19.4. The van der Waals surface area contributed by atoms with E-state index in [1.165, 1.54) is 7.11 Å². The average Bonchev–Trinajstić information content (AvgIpc) is 2.48. The quantitative estimate of drug-likeness (QED) is 0.314. The number of alkyl halides is 6. The van der Waals surface area contributed by atoms with Gasteiger partial charge in [-0.3, -0.25) is 19.2 Å². The summed E-state index contributed by atoms with van der Waals surface area (Å²) in [7, 11) is 1.23. The normalized spacial score (nSPS) is 12.4. The van der Waals surface area contributed by atoms with Crippen LogP contribution in [-0.4, -0.2) is 62.0 Å². The van der Waals surface area contributed by atoms with E-state index < -0.39 is 41.8 Å². The lowest BCUT2D eigenvalue weighted by molar-refractivity contribution is -0.193. The van der Waals surface area contributed by atoms with E-state index in [1.807, 2.05) is 0 Å². The van der Waals surface area contributed by atoms with Crippen LogP contribution in [0.5, 0.6) is 0 Å². The van der Waals surface area contributed by atoms with Crippen LogP contribution in [0.4, 0.5) is 26.3 Å². The minimum atomic E-state index is -5.77. The smallest absolute Gasteiger partial charge is 0.458 e. The third kappa shape index (κ3) is 9.73. The number of hydrogen-bond donors (Lipinski definition) is 3. The van der Waals surface area contributed by atoms with Gasteiger partial charge < -0.3 is 21.5 Å². The Morgan fingerprint density at radius 3 is 1.62 bits per heavy atom. The van der Waals surface area contributed by atoms with Crippen molar-refractivity contribution in [1.82, 2.24) is 5.32 Å². The zero-order valence-corrected chi connectivity index (χ0v) is 12.0. The molecule has 0 rings (SSSR count). The zero-order valence-electron chi connectivity index (χ0n) is 12.0. The number of Topliss-reactive ketones (excluding diaryl/α,β-unsaturated/α-hetero) is 2. The Morgan fingerprint density at radius 2 is 1.38 bits per heavy atom. The lowest BCUT2D eigenvalue weighted by Crippen LogP contribution is -2.46. The Labute approximate surface area is 130 Å². The molecule has 0 saturated heterocycles. The minimum Gasteiger partial charge on any atom is -0.468 e. The fourth-order valence-electron chi connectivity index (χ4n) is 0.727. The second-order valence-corrected chi connectivity index (χ2v) is 3.79. The van der Waals surface area contributed by atoms with Gasteiger partial charge in [0.2, 0.25) is 5.91 Å². The summed E-state index contributed by atoms with van der Waals surface area (Å²) in [6, 6.07) is -0.769. The topological polar surface area (TPSA) is 142 Å². The van der Waals surface area contributed by atoms with Gasteiger partial charge >= 0.3 is 29.9 Å². The lowest BCUT2D eigenvalue weighted by Gasteiger charge is -2.08.